The van der Waals surface area contributed by atoms with E-state index in [0.717, 1.165) is 28.9 Å². The molecule has 3 nitrogen and oxygen atoms in total. The van der Waals surface area contributed by atoms with Crippen LogP contribution in [0.4, 0.5) is 0 Å². The molecule has 0 aromatic heterocycles. The fraction of sp³-hybridized carbons (Fsp3) is 0.812. The number of rotatable bonds is 9. The van der Waals surface area contributed by atoms with Crippen LogP contribution in [0.5, 0.6) is 0 Å². The third-order valence-corrected chi connectivity index (χ3v) is 9.90. The van der Waals surface area contributed by atoms with Gasteiger partial charge >= 0.3 is 0 Å². The van der Waals surface area contributed by atoms with Crippen LogP contribution in [0.3, 0.4) is 0 Å². The van der Waals surface area contributed by atoms with Crippen molar-refractivity contribution in [1.29, 1.82) is 0 Å². The van der Waals surface area contributed by atoms with E-state index < -0.39 is 17.8 Å². The SMILES string of the molecule is C=C1/C(=C\C=C2/CCC[C@]3(C)[C@@H]([C@@H](C)CCCC(C)C)CC[C@@H]23)C[C@@H](O)CC1CC(O)C(C)(C)O. The van der Waals surface area contributed by atoms with Gasteiger partial charge in [-0.1, -0.05) is 71.3 Å². The standard InChI is InChI=1S/C32H54O3/c1-21(2)10-8-11-22(3)28-15-16-29-24(12-9-17-32(28,29)7)13-14-25-18-27(33)19-26(23(25)4)20-30(34)31(5,6)35/h13-14,21-22,26-30,33-35H,4,8-12,15-20H2,1-3,5-7H3/b24-13+,25-14-/t22-,26?,27+,28+,29-,30?,32+/m0/s1. The molecule has 0 aromatic rings. The monoisotopic (exact) mass is 486 g/mol. The van der Waals surface area contributed by atoms with E-state index in [1.807, 2.05) is 0 Å². The lowest BCUT2D eigenvalue weighted by atomic mass is 9.60. The van der Waals surface area contributed by atoms with Crippen LogP contribution in [0.25, 0.3) is 0 Å². The van der Waals surface area contributed by atoms with Crippen molar-refractivity contribution in [3.05, 3.63) is 35.5 Å². The number of allylic oxidation sites excluding steroid dienone is 4. The highest BCUT2D eigenvalue weighted by Gasteiger charge is 2.50. The van der Waals surface area contributed by atoms with Crippen molar-refractivity contribution in [3.8, 4) is 0 Å². The topological polar surface area (TPSA) is 60.7 Å². The van der Waals surface area contributed by atoms with E-state index in [1.54, 1.807) is 19.4 Å². The predicted molar refractivity (Wildman–Crippen MR) is 147 cm³/mol. The summed E-state index contributed by atoms with van der Waals surface area (Å²) in [6, 6.07) is 0. The molecule has 0 saturated heterocycles. The van der Waals surface area contributed by atoms with E-state index in [-0.39, 0.29) is 5.92 Å². The lowest BCUT2D eigenvalue weighted by Crippen LogP contribution is -2.39. The fourth-order valence-electron chi connectivity index (χ4n) is 7.64. The molecule has 0 bridgehead atoms. The van der Waals surface area contributed by atoms with Crippen molar-refractivity contribution in [2.45, 2.75) is 130 Å². The maximum absolute atomic E-state index is 10.6. The summed E-state index contributed by atoms with van der Waals surface area (Å²) in [7, 11) is 0. The molecule has 2 unspecified atom stereocenters. The summed E-state index contributed by atoms with van der Waals surface area (Å²) < 4.78 is 0. The van der Waals surface area contributed by atoms with Gasteiger partial charge in [0.1, 0.15) is 0 Å². The Morgan fingerprint density at radius 1 is 1.14 bits per heavy atom. The van der Waals surface area contributed by atoms with Crippen LogP contribution in [0, 0.1) is 35.0 Å². The third-order valence-electron chi connectivity index (χ3n) is 9.90. The number of hydrogen-bond donors (Lipinski definition) is 3. The molecule has 3 heteroatoms. The van der Waals surface area contributed by atoms with Gasteiger partial charge in [-0.05, 0) is 111 Å². The van der Waals surface area contributed by atoms with Gasteiger partial charge in [0, 0.05) is 0 Å². The quantitative estimate of drug-likeness (QED) is 0.319. The Labute approximate surface area is 215 Å². The summed E-state index contributed by atoms with van der Waals surface area (Å²) >= 11 is 0. The summed E-state index contributed by atoms with van der Waals surface area (Å²) in [5.74, 6) is 3.12. The minimum atomic E-state index is -1.15. The zero-order chi connectivity index (χ0) is 26.0. The van der Waals surface area contributed by atoms with Crippen molar-refractivity contribution < 1.29 is 15.3 Å². The molecule has 3 saturated carbocycles. The summed E-state index contributed by atoms with van der Waals surface area (Å²) in [5, 5.41) is 31.2. The van der Waals surface area contributed by atoms with Crippen LogP contribution in [0.15, 0.2) is 35.5 Å². The molecule has 0 aromatic carbocycles. The summed E-state index contributed by atoms with van der Waals surface area (Å²) in [5.41, 5.74) is 3.02. The van der Waals surface area contributed by atoms with Crippen LogP contribution in [-0.2, 0) is 0 Å². The molecule has 0 amide bonds. The van der Waals surface area contributed by atoms with Crippen LogP contribution in [0.1, 0.15) is 112 Å². The summed E-state index contributed by atoms with van der Waals surface area (Å²) in [6.07, 6.45) is 15.6. The van der Waals surface area contributed by atoms with Gasteiger partial charge in [0.25, 0.3) is 0 Å². The first-order valence-electron chi connectivity index (χ1n) is 14.5. The van der Waals surface area contributed by atoms with Gasteiger partial charge in [-0.25, -0.2) is 0 Å². The van der Waals surface area contributed by atoms with Crippen molar-refractivity contribution >= 4 is 0 Å². The first kappa shape index (κ1) is 28.7. The van der Waals surface area contributed by atoms with E-state index in [4.69, 9.17) is 0 Å². The highest BCUT2D eigenvalue weighted by Crippen LogP contribution is 2.60. The van der Waals surface area contributed by atoms with E-state index in [1.165, 1.54) is 51.4 Å². The van der Waals surface area contributed by atoms with Gasteiger partial charge in [-0.2, -0.15) is 0 Å². The molecular weight excluding hydrogens is 432 g/mol. The van der Waals surface area contributed by atoms with Gasteiger partial charge in [-0.3, -0.25) is 0 Å². The Morgan fingerprint density at radius 2 is 1.86 bits per heavy atom. The Morgan fingerprint density at radius 3 is 2.51 bits per heavy atom. The molecule has 7 atom stereocenters. The molecule has 3 aliphatic rings. The highest BCUT2D eigenvalue weighted by atomic mass is 16.3. The number of aliphatic hydroxyl groups excluding tert-OH is 2. The molecule has 3 aliphatic carbocycles. The maximum Gasteiger partial charge on any atom is 0.0849 e. The molecule has 200 valence electrons. The molecule has 0 heterocycles. The molecule has 3 N–H and O–H groups in total. The van der Waals surface area contributed by atoms with Crippen molar-refractivity contribution in [1.82, 2.24) is 0 Å². The van der Waals surface area contributed by atoms with E-state index >= 15 is 0 Å². The van der Waals surface area contributed by atoms with E-state index in [0.29, 0.717) is 30.6 Å². The molecule has 0 aliphatic heterocycles. The lowest BCUT2D eigenvalue weighted by Gasteiger charge is -2.44. The average molecular weight is 487 g/mol. The first-order chi connectivity index (χ1) is 16.3. The molecule has 0 radical (unpaired) electrons. The molecule has 3 fully saturated rings. The van der Waals surface area contributed by atoms with Gasteiger partial charge in [0.15, 0.2) is 0 Å². The zero-order valence-electron chi connectivity index (χ0n) is 23.5. The largest absolute Gasteiger partial charge is 0.393 e. The van der Waals surface area contributed by atoms with Crippen LogP contribution < -0.4 is 0 Å². The van der Waals surface area contributed by atoms with Gasteiger partial charge in [0.2, 0.25) is 0 Å². The Kier molecular flexibility index (Phi) is 9.54. The molecule has 0 spiro atoms. The van der Waals surface area contributed by atoms with Crippen LogP contribution in [-0.4, -0.2) is 33.1 Å². The van der Waals surface area contributed by atoms with Gasteiger partial charge < -0.3 is 15.3 Å². The minimum absolute atomic E-state index is 0.00370. The predicted octanol–water partition coefficient (Wildman–Crippen LogP) is 7.37. The average Bonchev–Trinajstić information content (AvgIpc) is 3.11. The Bertz CT molecular complexity index is 785. The van der Waals surface area contributed by atoms with E-state index in [9.17, 15) is 15.3 Å². The lowest BCUT2D eigenvalue weighted by molar-refractivity contribution is -0.0590. The van der Waals surface area contributed by atoms with E-state index in [2.05, 4.69) is 46.4 Å². The number of fused-ring (bicyclic) bond motifs is 1. The Hall–Kier alpha value is -0.900. The normalized spacial score (nSPS) is 36.1. The zero-order valence-corrected chi connectivity index (χ0v) is 23.5. The number of hydrogen-bond acceptors (Lipinski definition) is 3. The highest BCUT2D eigenvalue weighted by molar-refractivity contribution is 5.38. The Balaban J connectivity index is 1.72. The van der Waals surface area contributed by atoms with Gasteiger partial charge in [0.05, 0.1) is 17.8 Å². The van der Waals surface area contributed by atoms with Crippen molar-refractivity contribution in [2.75, 3.05) is 0 Å². The number of aliphatic hydroxyl groups is 3. The van der Waals surface area contributed by atoms with Crippen molar-refractivity contribution in [3.63, 3.8) is 0 Å². The maximum atomic E-state index is 10.6. The molecule has 35 heavy (non-hydrogen) atoms. The molecular formula is C32H54O3. The fourth-order valence-corrected chi connectivity index (χ4v) is 7.64. The second-order valence-corrected chi connectivity index (χ2v) is 13.6. The van der Waals surface area contributed by atoms with Crippen LogP contribution >= 0.6 is 0 Å². The first-order valence-corrected chi connectivity index (χ1v) is 14.5. The van der Waals surface area contributed by atoms with Crippen molar-refractivity contribution in [2.24, 2.45) is 35.0 Å². The minimum Gasteiger partial charge on any atom is -0.393 e. The summed E-state index contributed by atoms with van der Waals surface area (Å²) in [6.45, 7) is 17.4. The molecule has 3 rings (SSSR count). The van der Waals surface area contributed by atoms with Crippen LogP contribution in [0.2, 0.25) is 0 Å². The van der Waals surface area contributed by atoms with Gasteiger partial charge in [-0.15, -0.1) is 0 Å². The summed E-state index contributed by atoms with van der Waals surface area (Å²) in [4.78, 5) is 0. The second-order valence-electron chi connectivity index (χ2n) is 13.6. The smallest absolute Gasteiger partial charge is 0.0849 e. The second kappa shape index (κ2) is 11.7. The third kappa shape index (κ3) is 6.90.